The predicted octanol–water partition coefficient (Wildman–Crippen LogP) is 4.61. The van der Waals surface area contributed by atoms with Gasteiger partial charge < -0.3 is 5.32 Å². The Morgan fingerprint density at radius 3 is 3.06 bits per heavy atom. The fourth-order valence-corrected chi connectivity index (χ4v) is 3.59. The van der Waals surface area contributed by atoms with Gasteiger partial charge in [-0.15, -0.1) is 0 Å². The van der Waals surface area contributed by atoms with Crippen LogP contribution in [0.25, 0.3) is 10.2 Å². The number of rotatable bonds is 5. The summed E-state index contributed by atoms with van der Waals surface area (Å²) in [5, 5.41) is 4.54. The molecular weight excluding hydrogens is 316 g/mol. The Balaban J connectivity index is 2.18. The summed E-state index contributed by atoms with van der Waals surface area (Å²) in [4.78, 5) is 4.61. The third kappa shape index (κ3) is 3.36. The van der Waals surface area contributed by atoms with Gasteiger partial charge in [-0.2, -0.15) is 11.8 Å². The van der Waals surface area contributed by atoms with Gasteiger partial charge in [0, 0.05) is 16.3 Å². The topological polar surface area (TPSA) is 24.9 Å². The van der Waals surface area contributed by atoms with Gasteiger partial charge in [0.15, 0.2) is 5.13 Å². The molecule has 1 atom stereocenters. The van der Waals surface area contributed by atoms with Gasteiger partial charge >= 0.3 is 0 Å². The first-order valence-corrected chi connectivity index (χ1v) is 8.55. The molecule has 1 unspecified atom stereocenters. The van der Waals surface area contributed by atoms with Crippen molar-refractivity contribution in [3.05, 3.63) is 22.7 Å². The number of hydrogen-bond donors (Lipinski definition) is 1. The largest absolute Gasteiger partial charge is 0.358 e. The van der Waals surface area contributed by atoms with Crippen LogP contribution < -0.4 is 5.32 Å². The number of hydrogen-bond acceptors (Lipinski definition) is 4. The van der Waals surface area contributed by atoms with E-state index in [1.54, 1.807) is 11.3 Å². The van der Waals surface area contributed by atoms with Gasteiger partial charge in [0.25, 0.3) is 0 Å². The quantitative estimate of drug-likeness (QED) is 0.866. The maximum atomic E-state index is 4.61. The Hall–Kier alpha value is -0.260. The molecule has 92 valence electrons. The third-order valence-corrected chi connectivity index (χ3v) is 4.73. The summed E-state index contributed by atoms with van der Waals surface area (Å²) >= 11 is 7.06. The van der Waals surface area contributed by atoms with Gasteiger partial charge in [0.05, 0.1) is 10.2 Å². The molecule has 0 aliphatic rings. The summed E-state index contributed by atoms with van der Waals surface area (Å²) in [5.74, 6) is 1.12. The first kappa shape index (κ1) is 13.2. The van der Waals surface area contributed by atoms with Gasteiger partial charge in [-0.1, -0.05) is 34.2 Å². The zero-order valence-electron chi connectivity index (χ0n) is 9.87. The maximum Gasteiger partial charge on any atom is 0.184 e. The second-order valence-electron chi connectivity index (χ2n) is 3.84. The molecule has 0 aliphatic carbocycles. The van der Waals surface area contributed by atoms with Gasteiger partial charge in [0.2, 0.25) is 0 Å². The molecule has 2 nitrogen and oxygen atoms in total. The molecule has 0 saturated heterocycles. The minimum Gasteiger partial charge on any atom is -0.358 e. The monoisotopic (exact) mass is 330 g/mol. The minimum atomic E-state index is 0.508. The molecule has 17 heavy (non-hydrogen) atoms. The van der Waals surface area contributed by atoms with E-state index >= 15 is 0 Å². The van der Waals surface area contributed by atoms with E-state index in [0.29, 0.717) is 6.04 Å². The van der Waals surface area contributed by atoms with Crippen molar-refractivity contribution in [2.45, 2.75) is 19.4 Å². The zero-order valence-corrected chi connectivity index (χ0v) is 13.1. The SMILES string of the molecule is CCC(CSC)Nc1nc2cc(Br)ccc2s1. The van der Waals surface area contributed by atoms with Crippen LogP contribution in [-0.2, 0) is 0 Å². The van der Waals surface area contributed by atoms with Gasteiger partial charge in [-0.05, 0) is 30.9 Å². The molecule has 0 radical (unpaired) electrons. The highest BCUT2D eigenvalue weighted by atomic mass is 79.9. The van der Waals surface area contributed by atoms with E-state index in [4.69, 9.17) is 0 Å². The molecule has 0 bridgehead atoms. The molecule has 1 aromatic heterocycles. The molecular formula is C12H15BrN2S2. The zero-order chi connectivity index (χ0) is 12.3. The first-order valence-electron chi connectivity index (χ1n) is 5.54. The highest BCUT2D eigenvalue weighted by molar-refractivity contribution is 9.10. The van der Waals surface area contributed by atoms with E-state index in [1.807, 2.05) is 11.8 Å². The molecule has 1 aromatic carbocycles. The normalized spacial score (nSPS) is 12.9. The Morgan fingerprint density at radius 1 is 1.53 bits per heavy atom. The number of fused-ring (bicyclic) bond motifs is 1. The Labute approximate surface area is 118 Å². The molecule has 1 N–H and O–H groups in total. The lowest BCUT2D eigenvalue weighted by atomic mass is 10.3. The van der Waals surface area contributed by atoms with E-state index in [-0.39, 0.29) is 0 Å². The number of thioether (sulfide) groups is 1. The number of nitrogens with one attached hydrogen (secondary N) is 1. The summed E-state index contributed by atoms with van der Waals surface area (Å²) in [6.45, 7) is 2.21. The number of thiazole rings is 1. The van der Waals surface area contributed by atoms with Crippen molar-refractivity contribution in [1.29, 1.82) is 0 Å². The number of halogens is 1. The second-order valence-corrected chi connectivity index (χ2v) is 6.69. The van der Waals surface area contributed by atoms with Crippen molar-refractivity contribution < 1.29 is 0 Å². The average molecular weight is 331 g/mol. The van der Waals surface area contributed by atoms with Crippen LogP contribution in [0.4, 0.5) is 5.13 Å². The molecule has 0 spiro atoms. The van der Waals surface area contributed by atoms with E-state index in [9.17, 15) is 0 Å². The summed E-state index contributed by atoms with van der Waals surface area (Å²) < 4.78 is 2.31. The van der Waals surface area contributed by atoms with Crippen LogP contribution >= 0.6 is 39.0 Å². The highest BCUT2D eigenvalue weighted by Gasteiger charge is 2.09. The lowest BCUT2D eigenvalue weighted by molar-refractivity contribution is 0.774. The highest BCUT2D eigenvalue weighted by Crippen LogP contribution is 2.28. The fourth-order valence-electron chi connectivity index (χ4n) is 1.60. The van der Waals surface area contributed by atoms with Crippen LogP contribution in [0, 0.1) is 0 Å². The number of nitrogens with zero attached hydrogens (tertiary/aromatic N) is 1. The second kappa shape index (κ2) is 6.07. The van der Waals surface area contributed by atoms with Crippen LogP contribution in [0.15, 0.2) is 22.7 Å². The van der Waals surface area contributed by atoms with E-state index in [2.05, 4.69) is 57.6 Å². The van der Waals surface area contributed by atoms with Crippen molar-refractivity contribution in [2.24, 2.45) is 0 Å². The molecule has 5 heteroatoms. The lowest BCUT2D eigenvalue weighted by Crippen LogP contribution is -2.20. The van der Waals surface area contributed by atoms with Gasteiger partial charge in [-0.25, -0.2) is 4.98 Å². The number of anilines is 1. The van der Waals surface area contributed by atoms with Crippen LogP contribution in [0.1, 0.15) is 13.3 Å². The van der Waals surface area contributed by atoms with Crippen molar-refractivity contribution in [3.8, 4) is 0 Å². The summed E-state index contributed by atoms with van der Waals surface area (Å²) in [5.41, 5.74) is 1.06. The molecule has 0 fully saturated rings. The molecule has 2 aromatic rings. The Bertz CT molecular complexity index is 498. The van der Waals surface area contributed by atoms with Crippen molar-refractivity contribution >= 4 is 54.4 Å². The van der Waals surface area contributed by atoms with E-state index in [1.165, 1.54) is 4.70 Å². The average Bonchev–Trinajstić information content (AvgIpc) is 2.69. The maximum absolute atomic E-state index is 4.61. The summed E-state index contributed by atoms with van der Waals surface area (Å²) in [6, 6.07) is 6.74. The molecule has 0 aliphatic heterocycles. The van der Waals surface area contributed by atoms with Crippen LogP contribution in [0.2, 0.25) is 0 Å². The lowest BCUT2D eigenvalue weighted by Gasteiger charge is -2.14. The molecule has 0 amide bonds. The van der Waals surface area contributed by atoms with E-state index < -0.39 is 0 Å². The van der Waals surface area contributed by atoms with Crippen LogP contribution in [-0.4, -0.2) is 23.0 Å². The minimum absolute atomic E-state index is 0.508. The number of benzene rings is 1. The molecule has 2 rings (SSSR count). The van der Waals surface area contributed by atoms with Gasteiger partial charge in [-0.3, -0.25) is 0 Å². The summed E-state index contributed by atoms with van der Waals surface area (Å²) in [6.07, 6.45) is 3.26. The fraction of sp³-hybridized carbons (Fsp3) is 0.417. The third-order valence-electron chi connectivity index (χ3n) is 2.54. The standard InChI is InChI=1S/C12H15BrN2S2/c1-3-9(7-16-2)14-12-15-10-6-8(13)4-5-11(10)17-12/h4-6,9H,3,7H2,1-2H3,(H,14,15). The van der Waals surface area contributed by atoms with Gasteiger partial charge in [0.1, 0.15) is 0 Å². The number of aromatic nitrogens is 1. The first-order chi connectivity index (χ1) is 8.22. The Kier molecular flexibility index (Phi) is 4.70. The smallest absolute Gasteiger partial charge is 0.184 e. The van der Waals surface area contributed by atoms with Crippen LogP contribution in [0.3, 0.4) is 0 Å². The molecule has 1 heterocycles. The van der Waals surface area contributed by atoms with Crippen molar-refractivity contribution in [2.75, 3.05) is 17.3 Å². The van der Waals surface area contributed by atoms with Crippen molar-refractivity contribution in [1.82, 2.24) is 4.98 Å². The summed E-state index contributed by atoms with van der Waals surface area (Å²) in [7, 11) is 0. The molecule has 0 saturated carbocycles. The predicted molar refractivity (Wildman–Crippen MR) is 83.4 cm³/mol. The van der Waals surface area contributed by atoms with Crippen molar-refractivity contribution in [3.63, 3.8) is 0 Å². The van der Waals surface area contributed by atoms with E-state index in [0.717, 1.165) is 27.3 Å². The Morgan fingerprint density at radius 2 is 2.35 bits per heavy atom. The van der Waals surface area contributed by atoms with Crippen LogP contribution in [0.5, 0.6) is 0 Å².